The van der Waals surface area contributed by atoms with Gasteiger partial charge in [-0.05, 0) is 43.3 Å². The molecule has 0 bridgehead atoms. The van der Waals surface area contributed by atoms with Gasteiger partial charge in [-0.3, -0.25) is 0 Å². The van der Waals surface area contributed by atoms with Gasteiger partial charge in [-0.15, -0.1) is 0 Å². The molecule has 1 aliphatic heterocycles. The maximum absolute atomic E-state index is 4.44. The fourth-order valence-corrected chi connectivity index (χ4v) is 2.62. The maximum Gasteiger partial charge on any atom is 0.133 e. The number of fused-ring (bicyclic) bond motifs is 1. The summed E-state index contributed by atoms with van der Waals surface area (Å²) in [5, 5.41) is 9.34. The van der Waals surface area contributed by atoms with Crippen LogP contribution in [0.5, 0.6) is 0 Å². The minimum absolute atomic E-state index is 0.826. The van der Waals surface area contributed by atoms with Crippen molar-refractivity contribution in [3.8, 4) is 0 Å². The Labute approximate surface area is 108 Å². The summed E-state index contributed by atoms with van der Waals surface area (Å²) in [4.78, 5) is 4.44. The molecule has 0 spiro atoms. The zero-order chi connectivity index (χ0) is 12.2. The fraction of sp³-hybridized carbons (Fsp3) is 0.400. The molecule has 3 nitrogen and oxygen atoms in total. The van der Waals surface area contributed by atoms with Crippen LogP contribution in [0.3, 0.4) is 0 Å². The number of hydrogen-bond acceptors (Lipinski definition) is 3. The van der Waals surface area contributed by atoms with E-state index in [2.05, 4.69) is 45.9 Å². The summed E-state index contributed by atoms with van der Waals surface area (Å²) in [6, 6.07) is 10.4. The van der Waals surface area contributed by atoms with Gasteiger partial charge in [0, 0.05) is 18.1 Å². The van der Waals surface area contributed by atoms with Gasteiger partial charge in [0.2, 0.25) is 0 Å². The van der Waals surface area contributed by atoms with Crippen molar-refractivity contribution in [2.45, 2.75) is 12.8 Å². The topological polar surface area (TPSA) is 37.0 Å². The van der Waals surface area contributed by atoms with Crippen LogP contribution in [0.15, 0.2) is 36.5 Å². The summed E-state index contributed by atoms with van der Waals surface area (Å²) in [5.74, 6) is 1.84. The molecule has 1 aromatic carbocycles. The number of anilines is 1. The predicted molar refractivity (Wildman–Crippen MR) is 75.8 cm³/mol. The van der Waals surface area contributed by atoms with E-state index in [4.69, 9.17) is 0 Å². The Kier molecular flexibility index (Phi) is 3.42. The van der Waals surface area contributed by atoms with Gasteiger partial charge in [0.05, 0.1) is 0 Å². The molecule has 1 aliphatic rings. The van der Waals surface area contributed by atoms with Gasteiger partial charge >= 0.3 is 0 Å². The van der Waals surface area contributed by atoms with Crippen LogP contribution in [0.25, 0.3) is 10.8 Å². The van der Waals surface area contributed by atoms with Gasteiger partial charge in [-0.25, -0.2) is 4.98 Å². The minimum Gasteiger partial charge on any atom is -0.370 e. The van der Waals surface area contributed by atoms with E-state index in [-0.39, 0.29) is 0 Å². The summed E-state index contributed by atoms with van der Waals surface area (Å²) in [5.41, 5.74) is 0. The Bertz CT molecular complexity index is 513. The first-order chi connectivity index (χ1) is 8.93. The van der Waals surface area contributed by atoms with Crippen LogP contribution in [0, 0.1) is 5.92 Å². The van der Waals surface area contributed by atoms with Crippen LogP contribution in [0.1, 0.15) is 12.8 Å². The highest BCUT2D eigenvalue weighted by Crippen LogP contribution is 2.21. The Morgan fingerprint density at radius 2 is 2.22 bits per heavy atom. The number of rotatable bonds is 4. The molecule has 18 heavy (non-hydrogen) atoms. The molecular weight excluding hydrogens is 222 g/mol. The third kappa shape index (κ3) is 2.46. The van der Waals surface area contributed by atoms with Gasteiger partial charge in [0.25, 0.3) is 0 Å². The molecule has 1 fully saturated rings. The number of nitrogens with zero attached hydrogens (tertiary/aromatic N) is 1. The van der Waals surface area contributed by atoms with Crippen molar-refractivity contribution in [2.24, 2.45) is 5.92 Å². The second-order valence-corrected chi connectivity index (χ2v) is 4.95. The van der Waals surface area contributed by atoms with Gasteiger partial charge in [0.1, 0.15) is 5.82 Å². The molecule has 0 amide bonds. The van der Waals surface area contributed by atoms with Crippen molar-refractivity contribution in [3.05, 3.63) is 36.5 Å². The lowest BCUT2D eigenvalue weighted by Gasteiger charge is -2.11. The molecule has 1 saturated heterocycles. The van der Waals surface area contributed by atoms with Crippen molar-refractivity contribution in [2.75, 3.05) is 25.0 Å². The van der Waals surface area contributed by atoms with Gasteiger partial charge < -0.3 is 10.6 Å². The summed E-state index contributed by atoms with van der Waals surface area (Å²) in [6.45, 7) is 3.36. The number of nitrogens with one attached hydrogen (secondary N) is 2. The van der Waals surface area contributed by atoms with Crippen LogP contribution in [-0.4, -0.2) is 24.6 Å². The smallest absolute Gasteiger partial charge is 0.133 e. The number of aromatic nitrogens is 1. The van der Waals surface area contributed by atoms with Crippen molar-refractivity contribution >= 4 is 16.6 Å². The highest BCUT2D eigenvalue weighted by Gasteiger charge is 2.13. The van der Waals surface area contributed by atoms with E-state index in [1.54, 1.807) is 0 Å². The quantitative estimate of drug-likeness (QED) is 0.864. The molecule has 1 aromatic heterocycles. The Morgan fingerprint density at radius 3 is 3.11 bits per heavy atom. The molecule has 0 radical (unpaired) electrons. The lowest BCUT2D eigenvalue weighted by molar-refractivity contribution is 0.549. The van der Waals surface area contributed by atoms with E-state index in [1.807, 2.05) is 6.20 Å². The largest absolute Gasteiger partial charge is 0.370 e. The van der Waals surface area contributed by atoms with Crippen molar-refractivity contribution < 1.29 is 0 Å². The molecule has 0 aliphatic carbocycles. The molecule has 0 saturated carbocycles. The SMILES string of the molecule is c1ccc2c(NCCC3CCNC3)nccc2c1. The third-order valence-electron chi connectivity index (χ3n) is 3.68. The van der Waals surface area contributed by atoms with E-state index >= 15 is 0 Å². The van der Waals surface area contributed by atoms with Gasteiger partial charge in [-0.1, -0.05) is 24.3 Å². The first-order valence-corrected chi connectivity index (χ1v) is 6.72. The number of hydrogen-bond donors (Lipinski definition) is 2. The first kappa shape index (κ1) is 11.5. The summed E-state index contributed by atoms with van der Waals surface area (Å²) in [6.07, 6.45) is 4.41. The molecule has 3 rings (SSSR count). The lowest BCUT2D eigenvalue weighted by Crippen LogP contribution is -2.13. The maximum atomic E-state index is 4.44. The number of benzene rings is 1. The van der Waals surface area contributed by atoms with E-state index in [9.17, 15) is 0 Å². The van der Waals surface area contributed by atoms with E-state index in [1.165, 1.54) is 36.7 Å². The summed E-state index contributed by atoms with van der Waals surface area (Å²) >= 11 is 0. The molecule has 1 unspecified atom stereocenters. The second-order valence-electron chi connectivity index (χ2n) is 4.95. The Balaban J connectivity index is 1.66. The second kappa shape index (κ2) is 5.36. The third-order valence-corrected chi connectivity index (χ3v) is 3.68. The molecule has 94 valence electrons. The van der Waals surface area contributed by atoms with E-state index < -0.39 is 0 Å². The van der Waals surface area contributed by atoms with Crippen molar-refractivity contribution in [1.82, 2.24) is 10.3 Å². The monoisotopic (exact) mass is 241 g/mol. The van der Waals surface area contributed by atoms with E-state index in [0.717, 1.165) is 18.3 Å². The van der Waals surface area contributed by atoms with Crippen LogP contribution >= 0.6 is 0 Å². The minimum atomic E-state index is 0.826. The zero-order valence-corrected chi connectivity index (χ0v) is 10.5. The van der Waals surface area contributed by atoms with Gasteiger partial charge in [0.15, 0.2) is 0 Å². The molecule has 2 aromatic rings. The van der Waals surface area contributed by atoms with Crippen LogP contribution < -0.4 is 10.6 Å². The molecule has 1 atom stereocenters. The van der Waals surface area contributed by atoms with Crippen LogP contribution in [-0.2, 0) is 0 Å². The van der Waals surface area contributed by atoms with Crippen LogP contribution in [0.4, 0.5) is 5.82 Å². The van der Waals surface area contributed by atoms with Crippen LogP contribution in [0.2, 0.25) is 0 Å². The lowest BCUT2D eigenvalue weighted by atomic mass is 10.1. The molecule has 3 heteroatoms. The average molecular weight is 241 g/mol. The first-order valence-electron chi connectivity index (χ1n) is 6.72. The number of pyridine rings is 1. The highest BCUT2D eigenvalue weighted by molar-refractivity contribution is 5.91. The average Bonchev–Trinajstić information content (AvgIpc) is 2.92. The normalized spacial score (nSPS) is 19.2. The molecular formula is C15H19N3. The highest BCUT2D eigenvalue weighted by atomic mass is 15.0. The summed E-state index contributed by atoms with van der Waals surface area (Å²) < 4.78 is 0. The molecule has 2 N–H and O–H groups in total. The Morgan fingerprint density at radius 1 is 1.28 bits per heavy atom. The predicted octanol–water partition coefficient (Wildman–Crippen LogP) is 2.65. The summed E-state index contributed by atoms with van der Waals surface area (Å²) in [7, 11) is 0. The van der Waals surface area contributed by atoms with E-state index in [0.29, 0.717) is 0 Å². The van der Waals surface area contributed by atoms with Crippen molar-refractivity contribution in [1.29, 1.82) is 0 Å². The molecule has 2 heterocycles. The zero-order valence-electron chi connectivity index (χ0n) is 10.5. The standard InChI is InChI=1S/C15H19N3/c1-2-4-14-13(3-1)7-10-18-15(14)17-9-6-12-5-8-16-11-12/h1-4,7,10,12,16H,5-6,8-9,11H2,(H,17,18). The van der Waals surface area contributed by atoms with Crippen molar-refractivity contribution in [3.63, 3.8) is 0 Å². The fourth-order valence-electron chi connectivity index (χ4n) is 2.62. The van der Waals surface area contributed by atoms with Gasteiger partial charge in [-0.2, -0.15) is 0 Å². The Hall–Kier alpha value is -1.61.